The number of aryl methyl sites for hydroxylation is 1. The molecule has 0 bridgehead atoms. The molecule has 0 spiro atoms. The van der Waals surface area contributed by atoms with E-state index in [0.29, 0.717) is 22.9 Å². The summed E-state index contributed by atoms with van der Waals surface area (Å²) in [4.78, 5) is 24.0. The summed E-state index contributed by atoms with van der Waals surface area (Å²) >= 11 is 6.16. The maximum Gasteiger partial charge on any atom is 0.259 e. The third kappa shape index (κ3) is 4.18. The molecule has 1 aliphatic rings. The number of ketones is 1. The Kier molecular flexibility index (Phi) is 5.19. The van der Waals surface area contributed by atoms with Crippen LogP contribution in [0.5, 0.6) is 11.5 Å². The van der Waals surface area contributed by atoms with Crippen LogP contribution in [0.2, 0.25) is 5.02 Å². The highest BCUT2D eigenvalue weighted by Gasteiger charge is 2.17. The summed E-state index contributed by atoms with van der Waals surface area (Å²) in [5.41, 5.74) is 1.30. The van der Waals surface area contributed by atoms with Gasteiger partial charge in [0.25, 0.3) is 5.91 Å². The molecule has 3 rings (SSSR count). The summed E-state index contributed by atoms with van der Waals surface area (Å²) < 4.78 is 19.4. The SMILES string of the molecule is Cc1ccc(Oc2ccc(F)cc2C(=O)NC2=CC(=O)CC=C2)c(Cl)c1. The molecule has 0 saturated carbocycles. The van der Waals surface area contributed by atoms with Crippen LogP contribution in [-0.4, -0.2) is 11.7 Å². The molecule has 0 atom stereocenters. The van der Waals surface area contributed by atoms with Gasteiger partial charge in [0.1, 0.15) is 17.3 Å². The van der Waals surface area contributed by atoms with Crippen molar-refractivity contribution < 1.29 is 18.7 Å². The number of carbonyl (C=O) groups is 2. The van der Waals surface area contributed by atoms with Crippen LogP contribution in [0.3, 0.4) is 0 Å². The molecule has 2 aromatic rings. The molecule has 26 heavy (non-hydrogen) atoms. The molecule has 0 radical (unpaired) electrons. The van der Waals surface area contributed by atoms with Gasteiger partial charge in [0, 0.05) is 18.2 Å². The number of nitrogens with one attached hydrogen (secondary N) is 1. The Morgan fingerprint density at radius 2 is 1.96 bits per heavy atom. The van der Waals surface area contributed by atoms with E-state index in [1.165, 1.54) is 18.2 Å². The van der Waals surface area contributed by atoms with Gasteiger partial charge < -0.3 is 10.1 Å². The van der Waals surface area contributed by atoms with Crippen molar-refractivity contribution >= 4 is 23.3 Å². The molecule has 0 saturated heterocycles. The van der Waals surface area contributed by atoms with E-state index in [0.717, 1.165) is 11.6 Å². The molecule has 4 nitrogen and oxygen atoms in total. The number of carbonyl (C=O) groups excluding carboxylic acids is 2. The van der Waals surface area contributed by atoms with Gasteiger partial charge in [-0.15, -0.1) is 0 Å². The van der Waals surface area contributed by atoms with Crippen LogP contribution in [0.1, 0.15) is 22.3 Å². The van der Waals surface area contributed by atoms with Gasteiger partial charge in [0.05, 0.1) is 10.6 Å². The third-order valence-corrected chi connectivity index (χ3v) is 3.98. The average molecular weight is 372 g/mol. The molecule has 1 N–H and O–H groups in total. The molecule has 1 amide bonds. The highest BCUT2D eigenvalue weighted by molar-refractivity contribution is 6.32. The lowest BCUT2D eigenvalue weighted by Gasteiger charge is -2.14. The molecule has 1 aliphatic carbocycles. The largest absolute Gasteiger partial charge is 0.455 e. The molecule has 0 aliphatic heterocycles. The van der Waals surface area contributed by atoms with Crippen LogP contribution in [0.25, 0.3) is 0 Å². The number of benzene rings is 2. The van der Waals surface area contributed by atoms with Gasteiger partial charge in [-0.05, 0) is 48.9 Å². The van der Waals surface area contributed by atoms with Crippen LogP contribution in [0.4, 0.5) is 4.39 Å². The normalized spacial score (nSPS) is 13.3. The summed E-state index contributed by atoms with van der Waals surface area (Å²) in [6.07, 6.45) is 4.89. The zero-order chi connectivity index (χ0) is 18.7. The predicted octanol–water partition coefficient (Wildman–Crippen LogP) is 4.72. The lowest BCUT2D eigenvalue weighted by Crippen LogP contribution is -2.24. The molecular formula is C20H15ClFNO3. The van der Waals surface area contributed by atoms with Crippen molar-refractivity contribution in [3.8, 4) is 11.5 Å². The van der Waals surface area contributed by atoms with Crippen LogP contribution >= 0.6 is 11.6 Å². The van der Waals surface area contributed by atoms with Gasteiger partial charge in [-0.25, -0.2) is 4.39 Å². The summed E-state index contributed by atoms with van der Waals surface area (Å²) in [5, 5.41) is 2.96. The molecule has 0 fully saturated rings. The molecule has 0 unspecified atom stereocenters. The van der Waals surface area contributed by atoms with Gasteiger partial charge in [-0.1, -0.05) is 23.7 Å². The van der Waals surface area contributed by atoms with E-state index >= 15 is 0 Å². The zero-order valence-electron chi connectivity index (χ0n) is 13.9. The van der Waals surface area contributed by atoms with E-state index in [1.54, 1.807) is 24.3 Å². The molecule has 132 valence electrons. The number of halogens is 2. The smallest absolute Gasteiger partial charge is 0.259 e. The maximum absolute atomic E-state index is 13.7. The van der Waals surface area contributed by atoms with Crippen molar-refractivity contribution in [1.82, 2.24) is 5.32 Å². The molecule has 0 heterocycles. The number of amides is 1. The molecular weight excluding hydrogens is 357 g/mol. The summed E-state index contributed by atoms with van der Waals surface area (Å²) in [5.74, 6) is -0.786. The van der Waals surface area contributed by atoms with Crippen molar-refractivity contribution in [3.05, 3.63) is 82.3 Å². The second-order valence-corrected chi connectivity index (χ2v) is 6.21. The van der Waals surface area contributed by atoms with Gasteiger partial charge in [-0.2, -0.15) is 0 Å². The topological polar surface area (TPSA) is 55.4 Å². The molecule has 6 heteroatoms. The van der Waals surface area contributed by atoms with Crippen LogP contribution < -0.4 is 10.1 Å². The first-order chi connectivity index (χ1) is 12.4. The number of allylic oxidation sites excluding steroid dienone is 3. The number of hydrogen-bond acceptors (Lipinski definition) is 3. The lowest BCUT2D eigenvalue weighted by atomic mass is 10.1. The van der Waals surface area contributed by atoms with Gasteiger partial charge >= 0.3 is 0 Å². The first-order valence-corrected chi connectivity index (χ1v) is 8.26. The maximum atomic E-state index is 13.7. The Morgan fingerprint density at radius 1 is 1.19 bits per heavy atom. The predicted molar refractivity (Wildman–Crippen MR) is 97.0 cm³/mol. The van der Waals surface area contributed by atoms with Crippen molar-refractivity contribution in [2.45, 2.75) is 13.3 Å². The zero-order valence-corrected chi connectivity index (χ0v) is 14.6. The quantitative estimate of drug-likeness (QED) is 0.845. The summed E-state index contributed by atoms with van der Waals surface area (Å²) in [7, 11) is 0. The van der Waals surface area contributed by atoms with E-state index in [9.17, 15) is 14.0 Å². The second kappa shape index (κ2) is 7.54. The minimum absolute atomic E-state index is 0.00559. The first kappa shape index (κ1) is 17.9. The summed E-state index contributed by atoms with van der Waals surface area (Å²) in [6, 6.07) is 8.83. The Hall–Kier alpha value is -2.92. The molecule has 2 aromatic carbocycles. The Bertz CT molecular complexity index is 950. The van der Waals surface area contributed by atoms with Gasteiger partial charge in [0.15, 0.2) is 5.78 Å². The van der Waals surface area contributed by atoms with Gasteiger partial charge in [0.2, 0.25) is 0 Å². The number of hydrogen-bond donors (Lipinski definition) is 1. The van der Waals surface area contributed by atoms with Crippen molar-refractivity contribution in [2.24, 2.45) is 0 Å². The van der Waals surface area contributed by atoms with Crippen molar-refractivity contribution in [3.63, 3.8) is 0 Å². The van der Waals surface area contributed by atoms with E-state index < -0.39 is 11.7 Å². The average Bonchev–Trinajstić information content (AvgIpc) is 2.58. The van der Waals surface area contributed by atoms with Crippen LogP contribution in [-0.2, 0) is 4.79 Å². The fourth-order valence-corrected chi connectivity index (χ4v) is 2.71. The van der Waals surface area contributed by atoms with Crippen LogP contribution in [0.15, 0.2) is 60.3 Å². The highest BCUT2D eigenvalue weighted by atomic mass is 35.5. The summed E-state index contributed by atoms with van der Waals surface area (Å²) in [6.45, 7) is 1.89. The number of ether oxygens (including phenoxy) is 1. The van der Waals surface area contributed by atoms with Crippen molar-refractivity contribution in [2.75, 3.05) is 0 Å². The Morgan fingerprint density at radius 3 is 2.69 bits per heavy atom. The standard InChI is InChI=1S/C20H15ClFNO3/c1-12-5-7-19(17(21)9-12)26-18-8-6-13(22)10-16(18)20(25)23-14-3-2-4-15(24)11-14/h2-3,5-11H,4H2,1H3,(H,23,25). The van der Waals surface area contributed by atoms with E-state index in [1.807, 2.05) is 13.0 Å². The molecule has 0 aromatic heterocycles. The van der Waals surface area contributed by atoms with E-state index in [4.69, 9.17) is 16.3 Å². The van der Waals surface area contributed by atoms with Gasteiger partial charge in [-0.3, -0.25) is 9.59 Å². The Balaban J connectivity index is 1.89. The first-order valence-electron chi connectivity index (χ1n) is 7.88. The third-order valence-electron chi connectivity index (χ3n) is 3.68. The number of rotatable bonds is 4. The fraction of sp³-hybridized carbons (Fsp3) is 0.100. The van der Waals surface area contributed by atoms with Crippen LogP contribution in [0, 0.1) is 12.7 Å². The van der Waals surface area contributed by atoms with E-state index in [2.05, 4.69) is 5.32 Å². The lowest BCUT2D eigenvalue weighted by molar-refractivity contribution is -0.113. The second-order valence-electron chi connectivity index (χ2n) is 5.80. The highest BCUT2D eigenvalue weighted by Crippen LogP contribution is 2.32. The fourth-order valence-electron chi connectivity index (χ4n) is 2.43. The Labute approximate surface area is 154 Å². The van der Waals surface area contributed by atoms with E-state index in [-0.39, 0.29) is 17.1 Å². The minimum Gasteiger partial charge on any atom is -0.455 e. The monoisotopic (exact) mass is 371 g/mol. The van der Waals surface area contributed by atoms with Crippen molar-refractivity contribution in [1.29, 1.82) is 0 Å². The minimum atomic E-state index is -0.590.